The molecule has 0 spiro atoms. The van der Waals surface area contributed by atoms with Crippen molar-refractivity contribution in [3.05, 3.63) is 84.1 Å². The lowest BCUT2D eigenvalue weighted by Gasteiger charge is -2.12. The number of pyridine rings is 1. The molecule has 0 aliphatic rings. The van der Waals surface area contributed by atoms with E-state index in [1.54, 1.807) is 6.20 Å². The van der Waals surface area contributed by atoms with E-state index in [-0.39, 0.29) is 0 Å². The number of hydrogen-bond donors (Lipinski definition) is 1. The van der Waals surface area contributed by atoms with Crippen LogP contribution >= 0.6 is 0 Å². The molecular weight excluding hydrogens is 306 g/mol. The number of phenolic OH excluding ortho intramolecular Hbond substituents is 1. The summed E-state index contributed by atoms with van der Waals surface area (Å²) in [6.45, 7) is 4.19. The number of phenols is 1. The van der Waals surface area contributed by atoms with Gasteiger partial charge in [0.1, 0.15) is 5.75 Å². The van der Waals surface area contributed by atoms with E-state index < -0.39 is 0 Å². The highest BCUT2D eigenvalue weighted by molar-refractivity contribution is 5.88. The van der Waals surface area contributed by atoms with Crippen molar-refractivity contribution in [1.82, 2.24) is 4.98 Å². The first-order valence-corrected chi connectivity index (χ1v) is 8.38. The van der Waals surface area contributed by atoms with Gasteiger partial charge in [-0.25, -0.2) is 0 Å². The Kier molecular flexibility index (Phi) is 3.73. The second-order valence-electron chi connectivity index (χ2n) is 6.41. The molecule has 0 aliphatic heterocycles. The molecule has 0 amide bonds. The van der Waals surface area contributed by atoms with Gasteiger partial charge < -0.3 is 5.11 Å². The molecule has 122 valence electrons. The average Bonchev–Trinajstić information content (AvgIpc) is 2.64. The summed E-state index contributed by atoms with van der Waals surface area (Å²) < 4.78 is 0. The molecule has 1 heterocycles. The number of fused-ring (bicyclic) bond motifs is 1. The van der Waals surface area contributed by atoms with Crippen LogP contribution in [0.1, 0.15) is 11.1 Å². The van der Waals surface area contributed by atoms with E-state index in [9.17, 15) is 5.11 Å². The van der Waals surface area contributed by atoms with E-state index in [4.69, 9.17) is 0 Å². The number of rotatable bonds is 2. The summed E-state index contributed by atoms with van der Waals surface area (Å²) in [5.41, 5.74) is 7.14. The van der Waals surface area contributed by atoms with Crippen molar-refractivity contribution in [2.24, 2.45) is 0 Å². The van der Waals surface area contributed by atoms with E-state index in [1.165, 1.54) is 11.1 Å². The number of aromatic hydroxyl groups is 1. The second-order valence-corrected chi connectivity index (χ2v) is 6.41. The number of nitrogens with zero attached hydrogens (tertiary/aromatic N) is 1. The van der Waals surface area contributed by atoms with Gasteiger partial charge in [0.25, 0.3) is 0 Å². The summed E-state index contributed by atoms with van der Waals surface area (Å²) in [6.07, 6.45) is 1.79. The fraction of sp³-hybridized carbons (Fsp3) is 0.0870. The number of hydrogen-bond acceptors (Lipinski definition) is 2. The zero-order valence-corrected chi connectivity index (χ0v) is 14.3. The molecule has 2 nitrogen and oxygen atoms in total. The van der Waals surface area contributed by atoms with E-state index >= 15 is 0 Å². The van der Waals surface area contributed by atoms with Gasteiger partial charge in [0, 0.05) is 22.7 Å². The van der Waals surface area contributed by atoms with Crippen LogP contribution in [0.15, 0.2) is 72.9 Å². The molecule has 0 unspecified atom stereocenters. The van der Waals surface area contributed by atoms with Gasteiger partial charge in [-0.15, -0.1) is 0 Å². The van der Waals surface area contributed by atoms with Crippen LogP contribution < -0.4 is 0 Å². The first-order chi connectivity index (χ1) is 12.1. The second kappa shape index (κ2) is 6.06. The largest absolute Gasteiger partial charge is 0.507 e. The predicted octanol–water partition coefficient (Wildman–Crippen LogP) is 5.89. The van der Waals surface area contributed by atoms with Gasteiger partial charge >= 0.3 is 0 Å². The zero-order chi connectivity index (χ0) is 17.4. The van der Waals surface area contributed by atoms with Gasteiger partial charge in [-0.2, -0.15) is 0 Å². The van der Waals surface area contributed by atoms with Crippen molar-refractivity contribution in [2.45, 2.75) is 13.8 Å². The summed E-state index contributed by atoms with van der Waals surface area (Å²) in [5.74, 6) is 0.314. The standard InChI is InChI=1S/C23H19NO/c1-15-8-9-17(13-16(15)2)20-6-3-7-21(23(20)25)18-10-11-22-19(14-18)5-4-12-24-22/h3-14,25H,1-2H3. The first-order valence-electron chi connectivity index (χ1n) is 8.38. The monoisotopic (exact) mass is 325 g/mol. The number of aryl methyl sites for hydroxylation is 2. The lowest BCUT2D eigenvalue weighted by molar-refractivity contribution is 0.479. The molecule has 0 radical (unpaired) electrons. The Balaban J connectivity index is 1.86. The van der Waals surface area contributed by atoms with Crippen LogP contribution in [0.3, 0.4) is 0 Å². The predicted molar refractivity (Wildman–Crippen MR) is 104 cm³/mol. The zero-order valence-electron chi connectivity index (χ0n) is 14.3. The van der Waals surface area contributed by atoms with Gasteiger partial charge in [-0.3, -0.25) is 4.98 Å². The van der Waals surface area contributed by atoms with Crippen molar-refractivity contribution in [1.29, 1.82) is 0 Å². The highest BCUT2D eigenvalue weighted by atomic mass is 16.3. The van der Waals surface area contributed by atoms with Crippen LogP contribution in [-0.2, 0) is 0 Å². The van der Waals surface area contributed by atoms with Crippen molar-refractivity contribution in [3.8, 4) is 28.0 Å². The van der Waals surface area contributed by atoms with Crippen molar-refractivity contribution in [2.75, 3.05) is 0 Å². The molecule has 0 aliphatic carbocycles. The number of aromatic nitrogens is 1. The highest BCUT2D eigenvalue weighted by Gasteiger charge is 2.12. The van der Waals surface area contributed by atoms with Gasteiger partial charge in [0.15, 0.2) is 0 Å². The molecule has 1 aromatic heterocycles. The molecule has 25 heavy (non-hydrogen) atoms. The average molecular weight is 325 g/mol. The lowest BCUT2D eigenvalue weighted by Crippen LogP contribution is -1.87. The number of para-hydroxylation sites is 1. The number of benzene rings is 3. The fourth-order valence-corrected chi connectivity index (χ4v) is 3.16. The molecule has 0 saturated heterocycles. The SMILES string of the molecule is Cc1ccc(-c2cccc(-c3ccc4ncccc4c3)c2O)cc1C. The minimum atomic E-state index is 0.314. The Hall–Kier alpha value is -3.13. The molecule has 4 rings (SSSR count). The first kappa shape index (κ1) is 15.4. The fourth-order valence-electron chi connectivity index (χ4n) is 3.16. The molecule has 2 heteroatoms. The molecule has 0 atom stereocenters. The molecule has 4 aromatic rings. The van der Waals surface area contributed by atoms with Crippen LogP contribution in [0.5, 0.6) is 5.75 Å². The summed E-state index contributed by atoms with van der Waals surface area (Å²) >= 11 is 0. The van der Waals surface area contributed by atoms with Gasteiger partial charge in [0.2, 0.25) is 0 Å². The molecule has 0 saturated carbocycles. The minimum Gasteiger partial charge on any atom is -0.507 e. The van der Waals surface area contributed by atoms with Crippen LogP contribution in [-0.4, -0.2) is 10.1 Å². The Morgan fingerprint density at radius 3 is 2.20 bits per heavy atom. The van der Waals surface area contributed by atoms with Gasteiger partial charge in [-0.05, 0) is 54.3 Å². The lowest BCUT2D eigenvalue weighted by atomic mass is 9.95. The van der Waals surface area contributed by atoms with Crippen molar-refractivity contribution in [3.63, 3.8) is 0 Å². The van der Waals surface area contributed by atoms with Gasteiger partial charge in [0.05, 0.1) is 5.52 Å². The highest BCUT2D eigenvalue weighted by Crippen LogP contribution is 2.39. The minimum absolute atomic E-state index is 0.314. The topological polar surface area (TPSA) is 33.1 Å². The molecule has 1 N–H and O–H groups in total. The van der Waals surface area contributed by atoms with Gasteiger partial charge in [-0.1, -0.05) is 48.5 Å². The maximum Gasteiger partial charge on any atom is 0.131 e. The van der Waals surface area contributed by atoms with Crippen molar-refractivity contribution < 1.29 is 5.11 Å². The summed E-state index contributed by atoms with van der Waals surface area (Å²) in [6, 6.07) is 22.2. The van der Waals surface area contributed by atoms with E-state index in [0.717, 1.165) is 33.2 Å². The molecule has 3 aromatic carbocycles. The maximum atomic E-state index is 10.9. The van der Waals surface area contributed by atoms with Crippen LogP contribution in [0.25, 0.3) is 33.2 Å². The maximum absolute atomic E-state index is 10.9. The van der Waals surface area contributed by atoms with Crippen molar-refractivity contribution >= 4 is 10.9 Å². The van der Waals surface area contributed by atoms with E-state index in [2.05, 4.69) is 43.1 Å². The normalized spacial score (nSPS) is 11.0. The Bertz CT molecular complexity index is 1080. The third-order valence-electron chi connectivity index (χ3n) is 4.77. The van der Waals surface area contributed by atoms with E-state index in [0.29, 0.717) is 5.75 Å². The Morgan fingerprint density at radius 2 is 1.44 bits per heavy atom. The summed E-state index contributed by atoms with van der Waals surface area (Å²) in [5, 5.41) is 12.0. The Morgan fingerprint density at radius 1 is 0.720 bits per heavy atom. The molecule has 0 fully saturated rings. The third kappa shape index (κ3) is 2.76. The smallest absolute Gasteiger partial charge is 0.131 e. The molecule has 0 bridgehead atoms. The molecular formula is C23H19NO. The van der Waals surface area contributed by atoms with Crippen LogP contribution in [0.2, 0.25) is 0 Å². The van der Waals surface area contributed by atoms with Crippen LogP contribution in [0.4, 0.5) is 0 Å². The van der Waals surface area contributed by atoms with E-state index in [1.807, 2.05) is 42.5 Å². The Labute approximate surface area is 147 Å². The quantitative estimate of drug-likeness (QED) is 0.498. The third-order valence-corrected chi connectivity index (χ3v) is 4.77. The summed E-state index contributed by atoms with van der Waals surface area (Å²) in [7, 11) is 0. The summed E-state index contributed by atoms with van der Waals surface area (Å²) in [4.78, 5) is 4.36. The van der Waals surface area contributed by atoms with Crippen LogP contribution in [0, 0.1) is 13.8 Å².